The van der Waals surface area contributed by atoms with Crippen molar-refractivity contribution in [3.63, 3.8) is 0 Å². The van der Waals surface area contributed by atoms with Gasteiger partial charge in [-0.15, -0.1) is 0 Å². The number of halogens is 1. The highest BCUT2D eigenvalue weighted by atomic mass is 79.9. The Morgan fingerprint density at radius 1 is 1.24 bits per heavy atom. The predicted octanol–water partition coefficient (Wildman–Crippen LogP) is 5.60. The van der Waals surface area contributed by atoms with Crippen molar-refractivity contribution in [2.24, 2.45) is 0 Å². The lowest BCUT2D eigenvalue weighted by Gasteiger charge is -2.14. The van der Waals surface area contributed by atoms with Crippen molar-refractivity contribution in [2.75, 3.05) is 0 Å². The Morgan fingerprint density at radius 2 is 1.88 bits per heavy atom. The first-order valence-electron chi connectivity index (χ1n) is 6.36. The number of allylic oxidation sites excluding steroid dienone is 1. The topological polar surface area (TPSA) is 0 Å². The Hall–Kier alpha value is -0.343. The molecule has 17 heavy (non-hydrogen) atoms. The van der Waals surface area contributed by atoms with Crippen LogP contribution in [0.2, 0.25) is 19.6 Å². The predicted molar refractivity (Wildman–Crippen MR) is 84.2 cm³/mol. The van der Waals surface area contributed by atoms with Gasteiger partial charge in [0.1, 0.15) is 0 Å². The minimum absolute atomic E-state index is 1.07. The molecule has 1 rings (SSSR count). The smallest absolute Gasteiger partial charge is 0.0686 e. The fraction of sp³-hybridized carbons (Fsp3) is 0.467. The molecule has 0 radical (unpaired) electrons. The molecule has 0 saturated carbocycles. The lowest BCUT2D eigenvalue weighted by atomic mass is 10.0. The molecule has 0 aromatic heterocycles. The van der Waals surface area contributed by atoms with Crippen LogP contribution in [0.1, 0.15) is 25.3 Å². The van der Waals surface area contributed by atoms with E-state index in [1.807, 2.05) is 0 Å². The van der Waals surface area contributed by atoms with E-state index in [1.54, 1.807) is 5.57 Å². The quantitative estimate of drug-likeness (QED) is 0.621. The summed E-state index contributed by atoms with van der Waals surface area (Å²) in [6.45, 7) is 9.48. The molecular formula is C15H23BrSi. The molecule has 0 atom stereocenters. The standard InChI is InChI=1S/C15H23BrSi/c1-5-13(12-17(2,3)4)10-11-14-8-6-7-9-15(14)16/h6-9,12H,5,10-11H2,1-4H3/b13-12+. The van der Waals surface area contributed by atoms with E-state index in [-0.39, 0.29) is 0 Å². The van der Waals surface area contributed by atoms with Gasteiger partial charge in [0, 0.05) is 4.47 Å². The van der Waals surface area contributed by atoms with Crippen molar-refractivity contribution in [1.29, 1.82) is 0 Å². The summed E-state index contributed by atoms with van der Waals surface area (Å²) in [7, 11) is -1.07. The van der Waals surface area contributed by atoms with E-state index < -0.39 is 8.07 Å². The summed E-state index contributed by atoms with van der Waals surface area (Å²) in [5.41, 5.74) is 5.60. The summed E-state index contributed by atoms with van der Waals surface area (Å²) < 4.78 is 1.24. The SMILES string of the molecule is CC/C(=C\[Si](C)(C)C)CCc1ccccc1Br. The first kappa shape index (κ1) is 14.7. The van der Waals surface area contributed by atoms with E-state index in [0.29, 0.717) is 0 Å². The van der Waals surface area contributed by atoms with E-state index in [9.17, 15) is 0 Å². The summed E-state index contributed by atoms with van der Waals surface area (Å²) in [6.07, 6.45) is 3.53. The summed E-state index contributed by atoms with van der Waals surface area (Å²) in [4.78, 5) is 0. The van der Waals surface area contributed by atoms with Gasteiger partial charge in [-0.2, -0.15) is 0 Å². The third kappa shape index (κ3) is 5.69. The normalized spacial score (nSPS) is 12.9. The third-order valence-electron chi connectivity index (χ3n) is 2.76. The molecule has 0 fully saturated rings. The van der Waals surface area contributed by atoms with Crippen LogP contribution in [0.15, 0.2) is 40.0 Å². The number of hydrogen-bond donors (Lipinski definition) is 0. The van der Waals surface area contributed by atoms with E-state index in [0.717, 1.165) is 6.42 Å². The maximum absolute atomic E-state index is 3.62. The van der Waals surface area contributed by atoms with Gasteiger partial charge in [-0.3, -0.25) is 0 Å². The second-order valence-electron chi connectivity index (χ2n) is 5.61. The second kappa shape index (κ2) is 6.55. The molecule has 0 bridgehead atoms. The molecule has 0 saturated heterocycles. The molecule has 1 aromatic carbocycles. The van der Waals surface area contributed by atoms with Gasteiger partial charge >= 0.3 is 0 Å². The van der Waals surface area contributed by atoms with Crippen LogP contribution >= 0.6 is 15.9 Å². The number of rotatable bonds is 5. The maximum atomic E-state index is 3.62. The largest absolute Gasteiger partial charge is 0.0958 e. The lowest BCUT2D eigenvalue weighted by molar-refractivity contribution is 0.883. The monoisotopic (exact) mass is 310 g/mol. The zero-order valence-electron chi connectivity index (χ0n) is 11.4. The lowest BCUT2D eigenvalue weighted by Crippen LogP contribution is -2.17. The van der Waals surface area contributed by atoms with Crippen LogP contribution in [0.4, 0.5) is 0 Å². The summed E-state index contributed by atoms with van der Waals surface area (Å²) in [6, 6.07) is 8.54. The van der Waals surface area contributed by atoms with E-state index in [4.69, 9.17) is 0 Å². The molecule has 0 aliphatic rings. The van der Waals surface area contributed by atoms with Crippen molar-refractivity contribution < 1.29 is 0 Å². The van der Waals surface area contributed by atoms with Crippen LogP contribution in [0.3, 0.4) is 0 Å². The van der Waals surface area contributed by atoms with Gasteiger partial charge in [0.2, 0.25) is 0 Å². The van der Waals surface area contributed by atoms with Gasteiger partial charge < -0.3 is 0 Å². The van der Waals surface area contributed by atoms with Crippen LogP contribution in [-0.4, -0.2) is 8.07 Å². The molecule has 0 N–H and O–H groups in total. The molecular weight excluding hydrogens is 288 g/mol. The van der Waals surface area contributed by atoms with Crippen LogP contribution in [0, 0.1) is 0 Å². The first-order valence-corrected chi connectivity index (χ1v) is 10.7. The Labute approximate surface area is 115 Å². The fourth-order valence-corrected chi connectivity index (χ4v) is 4.02. The number of hydrogen-bond acceptors (Lipinski definition) is 0. The minimum atomic E-state index is -1.07. The van der Waals surface area contributed by atoms with Crippen molar-refractivity contribution in [1.82, 2.24) is 0 Å². The molecule has 2 heteroatoms. The zero-order valence-corrected chi connectivity index (χ0v) is 14.0. The molecule has 0 heterocycles. The Morgan fingerprint density at radius 3 is 2.41 bits per heavy atom. The summed E-state index contributed by atoms with van der Waals surface area (Å²) >= 11 is 3.62. The van der Waals surface area contributed by atoms with E-state index >= 15 is 0 Å². The van der Waals surface area contributed by atoms with Crippen molar-refractivity contribution in [2.45, 2.75) is 45.8 Å². The minimum Gasteiger partial charge on any atom is -0.0958 e. The van der Waals surface area contributed by atoms with Gasteiger partial charge in [0.25, 0.3) is 0 Å². The zero-order chi connectivity index (χ0) is 12.9. The highest BCUT2D eigenvalue weighted by Crippen LogP contribution is 2.21. The second-order valence-corrected chi connectivity index (χ2v) is 11.5. The first-order chi connectivity index (χ1) is 7.92. The molecule has 0 nitrogen and oxygen atoms in total. The Balaban J connectivity index is 2.66. The molecule has 0 aliphatic heterocycles. The van der Waals surface area contributed by atoms with Crippen LogP contribution in [0.25, 0.3) is 0 Å². The molecule has 1 aromatic rings. The van der Waals surface area contributed by atoms with E-state index in [2.05, 4.69) is 72.5 Å². The van der Waals surface area contributed by atoms with Gasteiger partial charge in [-0.25, -0.2) is 0 Å². The third-order valence-corrected chi connectivity index (χ3v) is 4.81. The summed E-state index contributed by atoms with van der Waals surface area (Å²) in [5, 5.41) is 0. The van der Waals surface area contributed by atoms with Crippen LogP contribution in [0.5, 0.6) is 0 Å². The number of aryl methyl sites for hydroxylation is 1. The van der Waals surface area contributed by atoms with Crippen molar-refractivity contribution in [3.05, 3.63) is 45.6 Å². The highest BCUT2D eigenvalue weighted by Gasteiger charge is 2.10. The highest BCUT2D eigenvalue weighted by molar-refractivity contribution is 9.10. The molecule has 0 unspecified atom stereocenters. The Kier molecular flexibility index (Phi) is 5.67. The summed E-state index contributed by atoms with van der Waals surface area (Å²) in [5.74, 6) is 0. The molecule has 0 amide bonds. The number of benzene rings is 1. The van der Waals surface area contributed by atoms with Gasteiger partial charge in [0.15, 0.2) is 0 Å². The van der Waals surface area contributed by atoms with Crippen LogP contribution < -0.4 is 0 Å². The van der Waals surface area contributed by atoms with E-state index in [1.165, 1.54) is 22.9 Å². The van der Waals surface area contributed by atoms with Gasteiger partial charge in [-0.05, 0) is 30.9 Å². The Bertz CT molecular complexity index is 388. The van der Waals surface area contributed by atoms with Crippen LogP contribution in [-0.2, 0) is 6.42 Å². The molecule has 0 aliphatic carbocycles. The average molecular weight is 311 g/mol. The van der Waals surface area contributed by atoms with Crippen molar-refractivity contribution >= 4 is 24.0 Å². The molecule has 0 spiro atoms. The maximum Gasteiger partial charge on any atom is 0.0686 e. The van der Waals surface area contributed by atoms with Gasteiger partial charge in [0.05, 0.1) is 8.07 Å². The van der Waals surface area contributed by atoms with Crippen molar-refractivity contribution in [3.8, 4) is 0 Å². The van der Waals surface area contributed by atoms with Gasteiger partial charge in [-0.1, -0.05) is 72.0 Å². The fourth-order valence-electron chi connectivity index (χ4n) is 1.96. The average Bonchev–Trinajstić information content (AvgIpc) is 2.24. The molecule has 94 valence electrons.